The molecule has 1 aliphatic heterocycles. The summed E-state index contributed by atoms with van der Waals surface area (Å²) < 4.78 is 0. The summed E-state index contributed by atoms with van der Waals surface area (Å²) in [6, 6.07) is 8.54. The maximum absolute atomic E-state index is 12.5. The molecule has 6 nitrogen and oxygen atoms in total. The van der Waals surface area contributed by atoms with Crippen LogP contribution in [0.15, 0.2) is 36.7 Å². The SMILES string of the molecule is CC1CCN(c2ccc(NC(=O)c3cnc(NC4CCCCC4)cn3)cc2)CC1. The third-order valence-electron chi connectivity index (χ3n) is 6.12. The van der Waals surface area contributed by atoms with E-state index in [4.69, 9.17) is 0 Å². The molecule has 4 rings (SSSR count). The topological polar surface area (TPSA) is 70.2 Å². The van der Waals surface area contributed by atoms with Gasteiger partial charge in [0, 0.05) is 30.5 Å². The summed E-state index contributed by atoms with van der Waals surface area (Å²) in [5.41, 5.74) is 2.32. The molecule has 2 N–H and O–H groups in total. The molecule has 6 heteroatoms. The molecule has 1 aromatic carbocycles. The Morgan fingerprint density at radius 2 is 1.69 bits per heavy atom. The van der Waals surface area contributed by atoms with Crippen molar-refractivity contribution in [3.63, 3.8) is 0 Å². The predicted octanol–water partition coefficient (Wildman–Crippen LogP) is 4.71. The number of anilines is 3. The molecular formula is C23H31N5O. The van der Waals surface area contributed by atoms with E-state index in [1.165, 1.54) is 50.6 Å². The van der Waals surface area contributed by atoms with Crippen molar-refractivity contribution in [2.24, 2.45) is 5.92 Å². The van der Waals surface area contributed by atoms with E-state index in [-0.39, 0.29) is 5.91 Å². The van der Waals surface area contributed by atoms with Gasteiger partial charge in [0.1, 0.15) is 11.5 Å². The number of benzene rings is 1. The number of carbonyl (C=O) groups is 1. The van der Waals surface area contributed by atoms with Crippen LogP contribution in [0.25, 0.3) is 0 Å². The van der Waals surface area contributed by atoms with E-state index in [0.717, 1.165) is 30.5 Å². The van der Waals surface area contributed by atoms with Crippen LogP contribution in [0.1, 0.15) is 62.4 Å². The minimum atomic E-state index is -0.235. The third kappa shape index (κ3) is 5.25. The number of carbonyl (C=O) groups excluding carboxylic acids is 1. The highest BCUT2D eigenvalue weighted by molar-refractivity contribution is 6.02. The van der Waals surface area contributed by atoms with E-state index < -0.39 is 0 Å². The summed E-state index contributed by atoms with van der Waals surface area (Å²) in [6.45, 7) is 4.52. The van der Waals surface area contributed by atoms with Crippen LogP contribution in [0.2, 0.25) is 0 Å². The molecule has 1 saturated carbocycles. The second-order valence-corrected chi connectivity index (χ2v) is 8.44. The molecule has 0 atom stereocenters. The number of rotatable bonds is 5. The van der Waals surface area contributed by atoms with E-state index in [2.05, 4.69) is 44.6 Å². The Kier molecular flexibility index (Phi) is 6.27. The zero-order chi connectivity index (χ0) is 20.1. The van der Waals surface area contributed by atoms with Gasteiger partial charge in [0.25, 0.3) is 5.91 Å². The van der Waals surface area contributed by atoms with Crippen LogP contribution in [0.4, 0.5) is 17.2 Å². The summed E-state index contributed by atoms with van der Waals surface area (Å²) in [5.74, 6) is 1.32. The fourth-order valence-corrected chi connectivity index (χ4v) is 4.19. The summed E-state index contributed by atoms with van der Waals surface area (Å²) in [4.78, 5) is 23.6. The molecule has 0 unspecified atom stereocenters. The quantitative estimate of drug-likeness (QED) is 0.770. The first-order valence-electron chi connectivity index (χ1n) is 10.9. The second-order valence-electron chi connectivity index (χ2n) is 8.44. The van der Waals surface area contributed by atoms with E-state index in [1.54, 1.807) is 12.4 Å². The van der Waals surface area contributed by atoms with Crippen LogP contribution in [-0.2, 0) is 0 Å². The van der Waals surface area contributed by atoms with Crippen LogP contribution >= 0.6 is 0 Å². The number of nitrogens with zero attached hydrogens (tertiary/aromatic N) is 3. The number of hydrogen-bond acceptors (Lipinski definition) is 5. The summed E-state index contributed by atoms with van der Waals surface area (Å²) in [7, 11) is 0. The standard InChI is InChI=1S/C23H31N5O/c1-17-11-13-28(14-12-17)20-9-7-19(8-10-20)27-23(29)21-15-25-22(16-24-21)26-18-5-3-2-4-6-18/h7-10,15-18H,2-6,11-14H2,1H3,(H,25,26)(H,27,29). The lowest BCUT2D eigenvalue weighted by Gasteiger charge is -2.32. The molecule has 0 radical (unpaired) electrons. The van der Waals surface area contributed by atoms with Crippen LogP contribution < -0.4 is 15.5 Å². The fraction of sp³-hybridized carbons (Fsp3) is 0.522. The van der Waals surface area contributed by atoms with Crippen LogP contribution in [0.5, 0.6) is 0 Å². The van der Waals surface area contributed by atoms with Crippen LogP contribution in [0, 0.1) is 5.92 Å². The fourth-order valence-electron chi connectivity index (χ4n) is 4.19. The number of aromatic nitrogens is 2. The van der Waals surface area contributed by atoms with Crippen molar-refractivity contribution in [1.29, 1.82) is 0 Å². The Morgan fingerprint density at radius 1 is 0.966 bits per heavy atom. The van der Waals surface area contributed by atoms with Crippen LogP contribution in [-0.4, -0.2) is 35.0 Å². The van der Waals surface area contributed by atoms with Gasteiger partial charge in [-0.3, -0.25) is 4.79 Å². The summed E-state index contributed by atoms with van der Waals surface area (Å²) in [5, 5.41) is 6.34. The molecule has 0 spiro atoms. The van der Waals surface area contributed by atoms with Gasteiger partial charge in [-0.1, -0.05) is 26.2 Å². The van der Waals surface area contributed by atoms with Crippen molar-refractivity contribution in [3.05, 3.63) is 42.4 Å². The minimum Gasteiger partial charge on any atom is -0.372 e. The number of amides is 1. The first-order valence-corrected chi connectivity index (χ1v) is 10.9. The number of hydrogen-bond donors (Lipinski definition) is 2. The lowest BCUT2D eigenvalue weighted by Crippen LogP contribution is -2.32. The lowest BCUT2D eigenvalue weighted by atomic mass is 9.96. The van der Waals surface area contributed by atoms with Gasteiger partial charge in [-0.2, -0.15) is 0 Å². The average molecular weight is 394 g/mol. The molecule has 2 aliphatic rings. The molecule has 0 bridgehead atoms. The maximum atomic E-state index is 12.5. The molecule has 2 heterocycles. The van der Waals surface area contributed by atoms with Gasteiger partial charge < -0.3 is 15.5 Å². The molecule has 29 heavy (non-hydrogen) atoms. The van der Waals surface area contributed by atoms with Crippen molar-refractivity contribution < 1.29 is 4.79 Å². The normalized spacial score (nSPS) is 18.4. The minimum absolute atomic E-state index is 0.235. The molecule has 2 fully saturated rings. The van der Waals surface area contributed by atoms with E-state index in [0.29, 0.717) is 11.7 Å². The van der Waals surface area contributed by atoms with E-state index >= 15 is 0 Å². The Labute approximate surface area is 173 Å². The highest BCUT2D eigenvalue weighted by Crippen LogP contribution is 2.24. The van der Waals surface area contributed by atoms with Gasteiger partial charge in [0.15, 0.2) is 0 Å². The van der Waals surface area contributed by atoms with Crippen molar-refractivity contribution in [2.75, 3.05) is 28.6 Å². The lowest BCUT2D eigenvalue weighted by molar-refractivity contribution is 0.102. The van der Waals surface area contributed by atoms with Gasteiger partial charge >= 0.3 is 0 Å². The largest absolute Gasteiger partial charge is 0.372 e. The van der Waals surface area contributed by atoms with Crippen molar-refractivity contribution in [2.45, 2.75) is 57.9 Å². The van der Waals surface area contributed by atoms with Gasteiger partial charge in [0.2, 0.25) is 0 Å². The molecule has 154 valence electrons. The van der Waals surface area contributed by atoms with Gasteiger partial charge in [0.05, 0.1) is 12.4 Å². The van der Waals surface area contributed by atoms with Crippen LogP contribution in [0.3, 0.4) is 0 Å². The van der Waals surface area contributed by atoms with Gasteiger partial charge in [-0.25, -0.2) is 9.97 Å². The molecule has 1 amide bonds. The zero-order valence-electron chi connectivity index (χ0n) is 17.2. The van der Waals surface area contributed by atoms with Crippen molar-refractivity contribution in [1.82, 2.24) is 9.97 Å². The summed E-state index contributed by atoms with van der Waals surface area (Å²) in [6.07, 6.45) is 11.9. The maximum Gasteiger partial charge on any atom is 0.275 e. The monoisotopic (exact) mass is 393 g/mol. The predicted molar refractivity (Wildman–Crippen MR) is 118 cm³/mol. The highest BCUT2D eigenvalue weighted by atomic mass is 16.1. The molecule has 2 aromatic rings. The molecule has 1 saturated heterocycles. The van der Waals surface area contributed by atoms with Gasteiger partial charge in [-0.15, -0.1) is 0 Å². The third-order valence-corrected chi connectivity index (χ3v) is 6.12. The first-order chi connectivity index (χ1) is 14.2. The Bertz CT molecular complexity index is 791. The van der Waals surface area contributed by atoms with E-state index in [1.807, 2.05) is 12.1 Å². The Hall–Kier alpha value is -2.63. The van der Waals surface area contributed by atoms with E-state index in [9.17, 15) is 4.79 Å². The van der Waals surface area contributed by atoms with Crippen molar-refractivity contribution >= 4 is 23.1 Å². The summed E-state index contributed by atoms with van der Waals surface area (Å²) >= 11 is 0. The van der Waals surface area contributed by atoms with Crippen molar-refractivity contribution in [3.8, 4) is 0 Å². The average Bonchev–Trinajstić information content (AvgIpc) is 2.76. The zero-order valence-corrected chi connectivity index (χ0v) is 17.2. The van der Waals surface area contributed by atoms with Gasteiger partial charge in [-0.05, 0) is 55.9 Å². The molecule has 1 aromatic heterocycles. The first kappa shape index (κ1) is 19.7. The molecular weight excluding hydrogens is 362 g/mol. The number of nitrogens with one attached hydrogen (secondary N) is 2. The number of piperidine rings is 1. The second kappa shape index (κ2) is 9.25. The Balaban J connectivity index is 1.31. The molecule has 1 aliphatic carbocycles. The smallest absolute Gasteiger partial charge is 0.275 e. The highest BCUT2D eigenvalue weighted by Gasteiger charge is 2.17. The Morgan fingerprint density at radius 3 is 2.34 bits per heavy atom.